The monoisotopic (exact) mass is 475 g/mol. The lowest BCUT2D eigenvalue weighted by Gasteiger charge is -2.43. The van der Waals surface area contributed by atoms with E-state index < -0.39 is 11.1 Å². The van der Waals surface area contributed by atoms with E-state index in [1.165, 1.54) is 4.90 Å². The molecule has 0 saturated carbocycles. The summed E-state index contributed by atoms with van der Waals surface area (Å²) in [6, 6.07) is 21.3. The van der Waals surface area contributed by atoms with Crippen LogP contribution in [-0.4, -0.2) is 36.5 Å². The Labute approximate surface area is 204 Å². The van der Waals surface area contributed by atoms with E-state index in [0.29, 0.717) is 29.2 Å². The number of nitrogens with two attached hydrogens (primary N) is 1. The van der Waals surface area contributed by atoms with Gasteiger partial charge in [-0.1, -0.05) is 41.9 Å². The molecule has 7 heteroatoms. The van der Waals surface area contributed by atoms with Crippen LogP contribution in [0.1, 0.15) is 24.5 Å². The Morgan fingerprint density at radius 2 is 1.88 bits per heavy atom. The first-order valence-electron chi connectivity index (χ1n) is 11.1. The lowest BCUT2D eigenvalue weighted by molar-refractivity contribution is -0.133. The highest BCUT2D eigenvalue weighted by Gasteiger charge is 2.56. The van der Waals surface area contributed by atoms with Crippen LogP contribution < -0.4 is 15.2 Å². The minimum absolute atomic E-state index is 0.158. The average Bonchev–Trinajstić information content (AvgIpc) is 3.02. The highest BCUT2D eigenvalue weighted by Crippen LogP contribution is 2.50. The van der Waals surface area contributed by atoms with Crippen molar-refractivity contribution >= 4 is 23.5 Å². The Morgan fingerprint density at radius 1 is 1.12 bits per heavy atom. The van der Waals surface area contributed by atoms with Gasteiger partial charge in [0.1, 0.15) is 17.1 Å². The molecule has 1 amide bonds. The molecule has 1 spiro atoms. The molecule has 6 nitrogen and oxygen atoms in total. The second-order valence-electron chi connectivity index (χ2n) is 9.17. The van der Waals surface area contributed by atoms with E-state index in [9.17, 15) is 4.79 Å². The fourth-order valence-corrected chi connectivity index (χ4v) is 5.22. The van der Waals surface area contributed by atoms with Crippen LogP contribution in [0.3, 0.4) is 0 Å². The molecule has 3 aromatic carbocycles. The zero-order valence-corrected chi connectivity index (χ0v) is 20.1. The number of guanidine groups is 1. The van der Waals surface area contributed by atoms with Gasteiger partial charge in [-0.2, -0.15) is 0 Å². The molecule has 2 aliphatic rings. The van der Waals surface area contributed by atoms with E-state index in [2.05, 4.69) is 0 Å². The molecule has 0 aromatic heterocycles. The smallest absolute Gasteiger partial charge is 0.261 e. The van der Waals surface area contributed by atoms with Crippen molar-refractivity contribution in [2.45, 2.75) is 30.9 Å². The van der Waals surface area contributed by atoms with Gasteiger partial charge in [0.2, 0.25) is 0 Å². The van der Waals surface area contributed by atoms with Gasteiger partial charge in [0.15, 0.2) is 11.5 Å². The Kier molecular flexibility index (Phi) is 5.29. The predicted octanol–water partition coefficient (Wildman–Crippen LogP) is 4.78. The van der Waals surface area contributed by atoms with E-state index >= 15 is 0 Å². The first-order chi connectivity index (χ1) is 16.2. The van der Waals surface area contributed by atoms with Crippen molar-refractivity contribution in [3.8, 4) is 22.6 Å². The molecule has 174 valence electrons. The number of hydrogen-bond acceptors (Lipinski definition) is 5. The van der Waals surface area contributed by atoms with Crippen LogP contribution in [0.5, 0.6) is 11.5 Å². The fourth-order valence-electron chi connectivity index (χ4n) is 5.03. The summed E-state index contributed by atoms with van der Waals surface area (Å²) < 4.78 is 12.0. The van der Waals surface area contributed by atoms with E-state index in [4.69, 9.17) is 31.8 Å². The Hall–Kier alpha value is -3.51. The van der Waals surface area contributed by atoms with Gasteiger partial charge >= 0.3 is 0 Å². The van der Waals surface area contributed by atoms with Crippen LogP contribution >= 0.6 is 11.6 Å². The second kappa shape index (κ2) is 8.06. The minimum Gasteiger partial charge on any atom is -0.497 e. The summed E-state index contributed by atoms with van der Waals surface area (Å²) in [6.45, 7) is 2.01. The number of halogens is 1. The standard InChI is InChI=1S/C27H26ClN3O3/c1-26(15-17-6-4-9-21(12-17)33-3)16-27(24(32)31(2)25(29)30-27)22-14-19(10-11-23(22)34-26)18-7-5-8-20(28)13-18/h4-14H,15-16H2,1-3H3,(H2,29,30)/t26-,27?/m1/s1. The summed E-state index contributed by atoms with van der Waals surface area (Å²) in [4.78, 5) is 19.8. The largest absolute Gasteiger partial charge is 0.497 e. The first kappa shape index (κ1) is 22.3. The number of aliphatic imine (C=N–C) groups is 1. The number of methoxy groups -OCH3 is 1. The molecule has 0 saturated heterocycles. The van der Waals surface area contributed by atoms with Crippen LogP contribution in [-0.2, 0) is 16.8 Å². The zero-order valence-electron chi connectivity index (χ0n) is 19.3. The fraction of sp³-hybridized carbons (Fsp3) is 0.259. The molecular weight excluding hydrogens is 450 g/mol. The summed E-state index contributed by atoms with van der Waals surface area (Å²) in [6.07, 6.45) is 0.931. The van der Waals surface area contributed by atoms with Crippen molar-refractivity contribution in [2.24, 2.45) is 10.7 Å². The lowest BCUT2D eigenvalue weighted by atomic mass is 9.74. The van der Waals surface area contributed by atoms with Crippen molar-refractivity contribution in [2.75, 3.05) is 14.2 Å². The molecule has 2 heterocycles. The quantitative estimate of drug-likeness (QED) is 0.589. The van der Waals surface area contributed by atoms with Crippen LogP contribution in [0.2, 0.25) is 5.02 Å². The number of rotatable bonds is 4. The third-order valence-electron chi connectivity index (χ3n) is 6.59. The van der Waals surface area contributed by atoms with Crippen molar-refractivity contribution in [1.82, 2.24) is 4.90 Å². The number of carbonyl (C=O) groups excluding carboxylic acids is 1. The maximum absolute atomic E-state index is 13.6. The molecule has 0 bridgehead atoms. The maximum Gasteiger partial charge on any atom is 0.261 e. The average molecular weight is 476 g/mol. The molecule has 0 radical (unpaired) electrons. The predicted molar refractivity (Wildman–Crippen MR) is 133 cm³/mol. The van der Waals surface area contributed by atoms with Crippen molar-refractivity contribution in [1.29, 1.82) is 0 Å². The van der Waals surface area contributed by atoms with Gasteiger partial charge in [-0.15, -0.1) is 0 Å². The molecule has 2 aliphatic heterocycles. The number of fused-ring (bicyclic) bond motifs is 2. The van der Waals surface area contributed by atoms with Crippen molar-refractivity contribution < 1.29 is 14.3 Å². The molecule has 34 heavy (non-hydrogen) atoms. The van der Waals surface area contributed by atoms with Gasteiger partial charge < -0.3 is 15.2 Å². The van der Waals surface area contributed by atoms with E-state index in [1.54, 1.807) is 14.2 Å². The first-order valence-corrected chi connectivity index (χ1v) is 11.5. The Balaban J connectivity index is 1.62. The normalized spacial score (nSPS) is 23.5. The van der Waals surface area contributed by atoms with Gasteiger partial charge in [0.25, 0.3) is 5.91 Å². The van der Waals surface area contributed by atoms with Gasteiger partial charge in [0.05, 0.1) is 7.11 Å². The van der Waals surface area contributed by atoms with E-state index in [0.717, 1.165) is 22.4 Å². The highest BCUT2D eigenvalue weighted by molar-refractivity contribution is 6.30. The van der Waals surface area contributed by atoms with Crippen LogP contribution in [0.15, 0.2) is 71.7 Å². The number of amides is 1. The summed E-state index contributed by atoms with van der Waals surface area (Å²) >= 11 is 6.22. The molecule has 2 N–H and O–H groups in total. The summed E-state index contributed by atoms with van der Waals surface area (Å²) in [5, 5.41) is 0.644. The second-order valence-corrected chi connectivity index (χ2v) is 9.61. The summed E-state index contributed by atoms with van der Waals surface area (Å²) in [5.74, 6) is 1.45. The third kappa shape index (κ3) is 3.68. The van der Waals surface area contributed by atoms with Crippen molar-refractivity contribution in [3.63, 3.8) is 0 Å². The van der Waals surface area contributed by atoms with Crippen LogP contribution in [0, 0.1) is 0 Å². The third-order valence-corrected chi connectivity index (χ3v) is 6.82. The summed E-state index contributed by atoms with van der Waals surface area (Å²) in [5.41, 5.74) is 7.95. The van der Waals surface area contributed by atoms with Crippen molar-refractivity contribution in [3.05, 3.63) is 82.9 Å². The summed E-state index contributed by atoms with van der Waals surface area (Å²) in [7, 11) is 3.30. The molecule has 1 unspecified atom stereocenters. The minimum atomic E-state index is -1.16. The van der Waals surface area contributed by atoms with Gasteiger partial charge in [-0.25, -0.2) is 4.99 Å². The number of hydrogen-bond donors (Lipinski definition) is 1. The zero-order chi connectivity index (χ0) is 24.1. The van der Waals surface area contributed by atoms with E-state index in [-0.39, 0.29) is 11.9 Å². The maximum atomic E-state index is 13.6. The number of nitrogens with zero attached hydrogens (tertiary/aromatic N) is 2. The molecule has 0 fully saturated rings. The number of benzene rings is 3. The van der Waals surface area contributed by atoms with E-state index in [1.807, 2.05) is 73.7 Å². The number of likely N-dealkylation sites (N-methyl/N-ethyl adjacent to an activating group) is 1. The highest BCUT2D eigenvalue weighted by atomic mass is 35.5. The molecule has 0 aliphatic carbocycles. The molecule has 3 aromatic rings. The molecule has 5 rings (SSSR count). The Morgan fingerprint density at radius 3 is 2.59 bits per heavy atom. The molecule has 2 atom stereocenters. The lowest BCUT2D eigenvalue weighted by Crippen LogP contribution is -2.51. The topological polar surface area (TPSA) is 77.2 Å². The number of carbonyl (C=O) groups is 1. The van der Waals surface area contributed by atoms with Gasteiger partial charge in [-0.3, -0.25) is 9.69 Å². The SMILES string of the molecule is COc1cccc(C[C@]2(C)CC3(N=C(N)N(C)C3=O)c3cc(-c4cccc(Cl)c4)ccc3O2)c1. The Bertz CT molecular complexity index is 1320. The van der Waals surface area contributed by atoms with Crippen LogP contribution in [0.25, 0.3) is 11.1 Å². The van der Waals surface area contributed by atoms with Gasteiger partial charge in [0, 0.05) is 30.5 Å². The molecular formula is C27H26ClN3O3. The number of ether oxygens (including phenoxy) is 2. The van der Waals surface area contributed by atoms with Crippen LogP contribution in [0.4, 0.5) is 0 Å². The van der Waals surface area contributed by atoms with Gasteiger partial charge in [-0.05, 0) is 60.0 Å².